The van der Waals surface area contributed by atoms with Crippen LogP contribution in [-0.2, 0) is 16.0 Å². The van der Waals surface area contributed by atoms with Crippen LogP contribution in [-0.4, -0.2) is 17.7 Å². The molecule has 15 heavy (non-hydrogen) atoms. The summed E-state index contributed by atoms with van der Waals surface area (Å²) in [5.74, 6) is -1.17. The molecule has 0 spiro atoms. The van der Waals surface area contributed by atoms with Crippen molar-refractivity contribution in [2.75, 3.05) is 6.61 Å². The first kappa shape index (κ1) is 12.0. The topological polar surface area (TPSA) is 46.5 Å². The molecule has 0 fully saturated rings. The van der Waals surface area contributed by atoms with Gasteiger partial charge in [0.15, 0.2) is 0 Å². The third-order valence-electron chi connectivity index (χ3n) is 1.79. The van der Waals surface area contributed by atoms with Crippen LogP contribution in [0.3, 0.4) is 0 Å². The average Bonchev–Trinajstić information content (AvgIpc) is 2.19. The molecule has 0 saturated carbocycles. The van der Waals surface area contributed by atoms with Gasteiger partial charge in [0.05, 0.1) is 17.5 Å². The zero-order valence-electron chi connectivity index (χ0n) is 8.09. The van der Waals surface area contributed by atoms with E-state index in [9.17, 15) is 14.3 Å². The van der Waals surface area contributed by atoms with Crippen molar-refractivity contribution in [2.45, 2.75) is 13.3 Å². The van der Waals surface area contributed by atoms with Crippen molar-refractivity contribution in [3.8, 4) is 5.75 Å². The van der Waals surface area contributed by atoms with E-state index in [1.54, 1.807) is 6.92 Å². The van der Waals surface area contributed by atoms with E-state index in [2.05, 4.69) is 20.7 Å². The second-order valence-corrected chi connectivity index (χ2v) is 3.63. The molecule has 82 valence electrons. The summed E-state index contributed by atoms with van der Waals surface area (Å²) in [6, 6.07) is 2.32. The SMILES string of the molecule is CCOC(=O)Cc1c(F)ccc(O)c1Br. The first-order chi connectivity index (χ1) is 7.06. The number of benzene rings is 1. The Morgan fingerprint density at radius 3 is 2.87 bits per heavy atom. The lowest BCUT2D eigenvalue weighted by Crippen LogP contribution is -2.09. The van der Waals surface area contributed by atoms with Crippen molar-refractivity contribution in [1.82, 2.24) is 0 Å². The summed E-state index contributed by atoms with van der Waals surface area (Å²) < 4.78 is 18.2. The second-order valence-electron chi connectivity index (χ2n) is 2.84. The molecule has 1 rings (SSSR count). The Morgan fingerprint density at radius 2 is 2.27 bits per heavy atom. The molecule has 0 radical (unpaired) electrons. The highest BCUT2D eigenvalue weighted by atomic mass is 79.9. The van der Waals surface area contributed by atoms with Gasteiger partial charge >= 0.3 is 5.97 Å². The van der Waals surface area contributed by atoms with Crippen LogP contribution < -0.4 is 0 Å². The second kappa shape index (κ2) is 5.11. The number of rotatable bonds is 3. The van der Waals surface area contributed by atoms with Crippen LogP contribution in [0, 0.1) is 5.82 Å². The van der Waals surface area contributed by atoms with Crippen LogP contribution in [0.1, 0.15) is 12.5 Å². The molecular weight excluding hydrogens is 267 g/mol. The Bertz CT molecular complexity index is 379. The van der Waals surface area contributed by atoms with Gasteiger partial charge in [0.1, 0.15) is 11.6 Å². The van der Waals surface area contributed by atoms with Gasteiger partial charge in [-0.15, -0.1) is 0 Å². The Labute approximate surface area is 95.0 Å². The minimum atomic E-state index is -0.548. The van der Waals surface area contributed by atoms with E-state index in [0.29, 0.717) is 0 Å². The molecule has 0 aromatic heterocycles. The van der Waals surface area contributed by atoms with E-state index in [1.807, 2.05) is 0 Å². The quantitative estimate of drug-likeness (QED) is 0.863. The lowest BCUT2D eigenvalue weighted by molar-refractivity contribution is -0.142. The molecule has 0 bridgehead atoms. The largest absolute Gasteiger partial charge is 0.507 e. The predicted octanol–water partition coefficient (Wildman–Crippen LogP) is 2.40. The van der Waals surface area contributed by atoms with Gasteiger partial charge in [0, 0.05) is 5.56 Å². The van der Waals surface area contributed by atoms with E-state index >= 15 is 0 Å². The van der Waals surface area contributed by atoms with Crippen molar-refractivity contribution >= 4 is 21.9 Å². The molecule has 1 aromatic rings. The minimum Gasteiger partial charge on any atom is -0.507 e. The number of hydrogen-bond acceptors (Lipinski definition) is 3. The van der Waals surface area contributed by atoms with Crippen molar-refractivity contribution < 1.29 is 19.0 Å². The number of esters is 1. The molecule has 0 aliphatic rings. The molecule has 3 nitrogen and oxygen atoms in total. The highest BCUT2D eigenvalue weighted by Crippen LogP contribution is 2.29. The Hall–Kier alpha value is -1.10. The standard InChI is InChI=1S/C10H10BrFO3/c1-2-15-9(14)5-6-7(12)3-4-8(13)10(6)11/h3-4,13H,2,5H2,1H3. The van der Waals surface area contributed by atoms with Crippen LogP contribution in [0.5, 0.6) is 5.75 Å². The highest BCUT2D eigenvalue weighted by molar-refractivity contribution is 9.10. The van der Waals surface area contributed by atoms with Crippen LogP contribution in [0.4, 0.5) is 4.39 Å². The summed E-state index contributed by atoms with van der Waals surface area (Å²) in [6.07, 6.45) is -0.200. The molecule has 0 saturated heterocycles. The van der Waals surface area contributed by atoms with Crippen molar-refractivity contribution in [1.29, 1.82) is 0 Å². The van der Waals surface area contributed by atoms with Gasteiger partial charge in [-0.25, -0.2) is 4.39 Å². The molecule has 0 atom stereocenters. The first-order valence-corrected chi connectivity index (χ1v) is 5.17. The van der Waals surface area contributed by atoms with E-state index in [-0.39, 0.29) is 28.8 Å². The van der Waals surface area contributed by atoms with Crippen molar-refractivity contribution in [3.05, 3.63) is 28.0 Å². The van der Waals surface area contributed by atoms with Gasteiger partial charge < -0.3 is 9.84 Å². The molecule has 5 heteroatoms. The lowest BCUT2D eigenvalue weighted by atomic mass is 10.1. The highest BCUT2D eigenvalue weighted by Gasteiger charge is 2.15. The summed E-state index contributed by atoms with van der Waals surface area (Å²) in [7, 11) is 0. The van der Waals surface area contributed by atoms with E-state index < -0.39 is 11.8 Å². The van der Waals surface area contributed by atoms with Gasteiger partial charge in [0.2, 0.25) is 0 Å². The Balaban J connectivity index is 2.93. The van der Waals surface area contributed by atoms with Crippen LogP contribution in [0.2, 0.25) is 0 Å². The van der Waals surface area contributed by atoms with E-state index in [4.69, 9.17) is 0 Å². The number of hydrogen-bond donors (Lipinski definition) is 1. The van der Waals surface area contributed by atoms with E-state index in [1.165, 1.54) is 6.07 Å². The fourth-order valence-electron chi connectivity index (χ4n) is 1.10. The monoisotopic (exact) mass is 276 g/mol. The fourth-order valence-corrected chi connectivity index (χ4v) is 1.57. The fraction of sp³-hybridized carbons (Fsp3) is 0.300. The molecule has 0 aliphatic heterocycles. The molecular formula is C10H10BrFO3. The number of carbonyl (C=O) groups is 1. The van der Waals surface area contributed by atoms with Crippen LogP contribution in [0.25, 0.3) is 0 Å². The number of ether oxygens (including phenoxy) is 1. The molecule has 1 aromatic carbocycles. The maximum atomic E-state index is 13.3. The maximum Gasteiger partial charge on any atom is 0.310 e. The zero-order valence-corrected chi connectivity index (χ0v) is 9.67. The van der Waals surface area contributed by atoms with Gasteiger partial charge in [-0.2, -0.15) is 0 Å². The maximum absolute atomic E-state index is 13.3. The van der Waals surface area contributed by atoms with E-state index in [0.717, 1.165) is 6.07 Å². The molecule has 1 N–H and O–H groups in total. The number of carbonyl (C=O) groups excluding carboxylic acids is 1. The third kappa shape index (κ3) is 2.92. The summed E-state index contributed by atoms with van der Waals surface area (Å²) >= 11 is 3.01. The third-order valence-corrected chi connectivity index (χ3v) is 2.68. The summed E-state index contributed by atoms with van der Waals surface area (Å²) in [6.45, 7) is 1.92. The average molecular weight is 277 g/mol. The number of phenolic OH excluding ortho intramolecular Hbond substituents is 1. The van der Waals surface area contributed by atoms with Crippen LogP contribution >= 0.6 is 15.9 Å². The minimum absolute atomic E-state index is 0.101. The Kier molecular flexibility index (Phi) is 4.08. The summed E-state index contributed by atoms with van der Waals surface area (Å²) in [4.78, 5) is 11.1. The van der Waals surface area contributed by atoms with Crippen molar-refractivity contribution in [3.63, 3.8) is 0 Å². The number of halogens is 2. The molecule has 0 amide bonds. The first-order valence-electron chi connectivity index (χ1n) is 4.37. The lowest BCUT2D eigenvalue weighted by Gasteiger charge is -2.07. The molecule has 0 unspecified atom stereocenters. The van der Waals surface area contributed by atoms with Gasteiger partial charge in [-0.1, -0.05) is 0 Å². The summed E-state index contributed by atoms with van der Waals surface area (Å²) in [5.41, 5.74) is 0.105. The van der Waals surface area contributed by atoms with Gasteiger partial charge in [-0.3, -0.25) is 4.79 Å². The van der Waals surface area contributed by atoms with Crippen LogP contribution in [0.15, 0.2) is 16.6 Å². The smallest absolute Gasteiger partial charge is 0.310 e. The normalized spacial score (nSPS) is 10.1. The van der Waals surface area contributed by atoms with Crippen molar-refractivity contribution in [2.24, 2.45) is 0 Å². The predicted molar refractivity (Wildman–Crippen MR) is 56.1 cm³/mol. The van der Waals surface area contributed by atoms with Gasteiger partial charge in [-0.05, 0) is 35.0 Å². The van der Waals surface area contributed by atoms with Gasteiger partial charge in [0.25, 0.3) is 0 Å². The number of phenols is 1. The molecule has 0 aliphatic carbocycles. The number of aromatic hydroxyl groups is 1. The zero-order chi connectivity index (χ0) is 11.4. The molecule has 0 heterocycles. The Morgan fingerprint density at radius 1 is 1.60 bits per heavy atom. The summed E-state index contributed by atoms with van der Waals surface area (Å²) in [5, 5.41) is 9.30.